The van der Waals surface area contributed by atoms with Crippen LogP contribution in [-0.4, -0.2) is 5.11 Å². The summed E-state index contributed by atoms with van der Waals surface area (Å²) >= 11 is 0. The van der Waals surface area contributed by atoms with Crippen LogP contribution in [0.4, 0.5) is 18.9 Å². The number of hydrogen-bond acceptors (Lipinski definition) is 2. The molecule has 0 aliphatic heterocycles. The monoisotopic (exact) mass is 257 g/mol. The van der Waals surface area contributed by atoms with Crippen molar-refractivity contribution in [2.24, 2.45) is 0 Å². The number of anilines is 1. The largest absolute Gasteiger partial charge is 0.416 e. The predicted octanol–water partition coefficient (Wildman–Crippen LogP) is 3.12. The van der Waals surface area contributed by atoms with Gasteiger partial charge in [-0.3, -0.25) is 0 Å². The maximum atomic E-state index is 12.5. The number of aliphatic hydroxyl groups is 1. The quantitative estimate of drug-likeness (QED) is 0.645. The lowest BCUT2D eigenvalue weighted by Crippen LogP contribution is -2.09. The molecule has 0 fully saturated rings. The molecular formula is C13H14F3NO. The average molecular weight is 257 g/mol. The molecule has 1 unspecified atom stereocenters. The predicted molar refractivity (Wildman–Crippen MR) is 63.5 cm³/mol. The van der Waals surface area contributed by atoms with Crippen LogP contribution in [0.2, 0.25) is 0 Å². The molecule has 2 nitrogen and oxygen atoms in total. The summed E-state index contributed by atoms with van der Waals surface area (Å²) in [7, 11) is 0. The Hall–Kier alpha value is -1.67. The zero-order chi connectivity index (χ0) is 13.8. The van der Waals surface area contributed by atoms with Gasteiger partial charge in [-0.1, -0.05) is 0 Å². The summed E-state index contributed by atoms with van der Waals surface area (Å²) in [6.07, 6.45) is -4.81. The van der Waals surface area contributed by atoms with Gasteiger partial charge in [0.1, 0.15) is 0 Å². The number of nitrogen functional groups attached to an aromatic ring is 1. The van der Waals surface area contributed by atoms with Gasteiger partial charge < -0.3 is 10.8 Å². The van der Waals surface area contributed by atoms with E-state index in [4.69, 9.17) is 5.73 Å². The standard InChI is InChI=1S/C13H14F3NO/c1-2-3-4-5-12(18)10-8-9(13(14,15)16)6-7-11(10)17/h6-8,12,18H,4-5,17H2,1H3. The molecule has 0 aromatic heterocycles. The highest BCUT2D eigenvalue weighted by Gasteiger charge is 2.31. The molecule has 0 heterocycles. The van der Waals surface area contributed by atoms with Crippen molar-refractivity contribution in [2.75, 3.05) is 5.73 Å². The minimum absolute atomic E-state index is 0.0997. The van der Waals surface area contributed by atoms with Crippen LogP contribution in [0.3, 0.4) is 0 Å². The van der Waals surface area contributed by atoms with Gasteiger partial charge in [-0.25, -0.2) is 0 Å². The van der Waals surface area contributed by atoms with Gasteiger partial charge >= 0.3 is 6.18 Å². The molecule has 0 amide bonds. The van der Waals surface area contributed by atoms with E-state index in [1.54, 1.807) is 6.92 Å². The van der Waals surface area contributed by atoms with Crippen LogP contribution in [0, 0.1) is 11.8 Å². The third-order valence-electron chi connectivity index (χ3n) is 2.49. The van der Waals surface area contributed by atoms with E-state index < -0.39 is 17.8 Å². The Balaban J connectivity index is 2.95. The van der Waals surface area contributed by atoms with E-state index >= 15 is 0 Å². The Bertz CT molecular complexity index is 471. The summed E-state index contributed by atoms with van der Waals surface area (Å²) in [6.45, 7) is 1.66. The van der Waals surface area contributed by atoms with Crippen LogP contribution >= 0.6 is 0 Å². The molecule has 98 valence electrons. The number of hydrogen-bond donors (Lipinski definition) is 2. The molecule has 0 saturated carbocycles. The Kier molecular flexibility index (Phi) is 4.62. The second-order valence-corrected chi connectivity index (χ2v) is 3.82. The van der Waals surface area contributed by atoms with Crippen molar-refractivity contribution in [3.05, 3.63) is 29.3 Å². The van der Waals surface area contributed by atoms with Crippen molar-refractivity contribution in [1.82, 2.24) is 0 Å². The van der Waals surface area contributed by atoms with Crippen molar-refractivity contribution < 1.29 is 18.3 Å². The number of rotatable bonds is 3. The third kappa shape index (κ3) is 3.67. The van der Waals surface area contributed by atoms with E-state index in [0.717, 1.165) is 18.2 Å². The van der Waals surface area contributed by atoms with E-state index in [-0.39, 0.29) is 17.7 Å². The fourth-order valence-corrected chi connectivity index (χ4v) is 1.53. The van der Waals surface area contributed by atoms with Crippen LogP contribution in [0.15, 0.2) is 18.2 Å². The van der Waals surface area contributed by atoms with Crippen molar-refractivity contribution in [3.8, 4) is 11.8 Å². The minimum atomic E-state index is -4.44. The number of halogens is 3. The van der Waals surface area contributed by atoms with Crippen LogP contribution in [-0.2, 0) is 6.18 Å². The van der Waals surface area contributed by atoms with Crippen molar-refractivity contribution in [1.29, 1.82) is 0 Å². The van der Waals surface area contributed by atoms with E-state index in [1.165, 1.54) is 0 Å². The fourth-order valence-electron chi connectivity index (χ4n) is 1.53. The maximum Gasteiger partial charge on any atom is 0.416 e. The maximum absolute atomic E-state index is 12.5. The molecule has 0 radical (unpaired) electrons. The smallest absolute Gasteiger partial charge is 0.398 e. The summed E-state index contributed by atoms with van der Waals surface area (Å²) in [4.78, 5) is 0. The Morgan fingerprint density at radius 2 is 2.06 bits per heavy atom. The molecule has 1 aromatic carbocycles. The molecule has 1 atom stereocenters. The lowest BCUT2D eigenvalue weighted by Gasteiger charge is -2.15. The minimum Gasteiger partial charge on any atom is -0.398 e. The first-order chi connectivity index (χ1) is 8.36. The Morgan fingerprint density at radius 1 is 1.39 bits per heavy atom. The van der Waals surface area contributed by atoms with E-state index in [1.807, 2.05) is 0 Å². The summed E-state index contributed by atoms with van der Waals surface area (Å²) in [5.41, 5.74) is 5.01. The highest BCUT2D eigenvalue weighted by molar-refractivity contribution is 5.50. The fraction of sp³-hybridized carbons (Fsp3) is 0.385. The number of alkyl halides is 3. The number of nitrogens with two attached hydrogens (primary N) is 1. The lowest BCUT2D eigenvalue weighted by atomic mass is 10.0. The second-order valence-electron chi connectivity index (χ2n) is 3.82. The van der Waals surface area contributed by atoms with Gasteiger partial charge in [-0.2, -0.15) is 13.2 Å². The van der Waals surface area contributed by atoms with Gasteiger partial charge in [0.2, 0.25) is 0 Å². The number of benzene rings is 1. The highest BCUT2D eigenvalue weighted by atomic mass is 19.4. The van der Waals surface area contributed by atoms with E-state index in [2.05, 4.69) is 11.8 Å². The topological polar surface area (TPSA) is 46.2 Å². The zero-order valence-corrected chi connectivity index (χ0v) is 9.88. The SMILES string of the molecule is CC#CCCC(O)c1cc(C(F)(F)F)ccc1N. The van der Waals surface area contributed by atoms with Gasteiger partial charge in [0.25, 0.3) is 0 Å². The van der Waals surface area contributed by atoms with E-state index in [0.29, 0.717) is 6.42 Å². The van der Waals surface area contributed by atoms with Gasteiger partial charge in [-0.05, 0) is 31.5 Å². The number of aliphatic hydroxyl groups excluding tert-OH is 1. The Labute approximate surface area is 104 Å². The molecule has 3 N–H and O–H groups in total. The molecule has 0 saturated heterocycles. The van der Waals surface area contributed by atoms with Crippen molar-refractivity contribution in [2.45, 2.75) is 32.0 Å². The molecule has 5 heteroatoms. The molecule has 1 rings (SSSR count). The van der Waals surface area contributed by atoms with Crippen molar-refractivity contribution >= 4 is 5.69 Å². The van der Waals surface area contributed by atoms with Gasteiger partial charge in [0.15, 0.2) is 0 Å². The van der Waals surface area contributed by atoms with Crippen LogP contribution in [0.25, 0.3) is 0 Å². The highest BCUT2D eigenvalue weighted by Crippen LogP contribution is 2.33. The average Bonchev–Trinajstić information content (AvgIpc) is 2.28. The zero-order valence-electron chi connectivity index (χ0n) is 9.88. The summed E-state index contributed by atoms with van der Waals surface area (Å²) in [5.74, 6) is 5.39. The molecule has 0 aliphatic rings. The molecule has 18 heavy (non-hydrogen) atoms. The summed E-state index contributed by atoms with van der Waals surface area (Å²) in [6, 6.07) is 2.95. The van der Waals surface area contributed by atoms with Gasteiger partial charge in [0.05, 0.1) is 11.7 Å². The molecule has 0 aliphatic carbocycles. The normalized spacial score (nSPS) is 12.7. The van der Waals surface area contributed by atoms with Crippen LogP contribution in [0.1, 0.15) is 37.0 Å². The lowest BCUT2D eigenvalue weighted by molar-refractivity contribution is -0.137. The first-order valence-electron chi connectivity index (χ1n) is 5.40. The van der Waals surface area contributed by atoms with E-state index in [9.17, 15) is 18.3 Å². The molecular weight excluding hydrogens is 243 g/mol. The Morgan fingerprint density at radius 3 is 2.61 bits per heavy atom. The van der Waals surface area contributed by atoms with Crippen LogP contribution < -0.4 is 5.73 Å². The van der Waals surface area contributed by atoms with Crippen LogP contribution in [0.5, 0.6) is 0 Å². The summed E-state index contributed by atoms with van der Waals surface area (Å²) < 4.78 is 37.6. The van der Waals surface area contributed by atoms with Gasteiger partial charge in [-0.15, -0.1) is 11.8 Å². The second kappa shape index (κ2) is 5.78. The molecule has 0 bridgehead atoms. The molecule has 1 aromatic rings. The molecule has 0 spiro atoms. The first-order valence-corrected chi connectivity index (χ1v) is 5.40. The van der Waals surface area contributed by atoms with Gasteiger partial charge in [0, 0.05) is 17.7 Å². The first kappa shape index (κ1) is 14.4. The third-order valence-corrected chi connectivity index (χ3v) is 2.49. The van der Waals surface area contributed by atoms with Crippen molar-refractivity contribution in [3.63, 3.8) is 0 Å². The summed E-state index contributed by atoms with van der Waals surface area (Å²) in [5, 5.41) is 9.80.